The minimum absolute atomic E-state index is 0.0535. The van der Waals surface area contributed by atoms with Crippen LogP contribution in [-0.2, 0) is 9.59 Å². The third-order valence-corrected chi connectivity index (χ3v) is 2.84. The maximum absolute atomic E-state index is 12.2. The van der Waals surface area contributed by atoms with Crippen molar-refractivity contribution in [1.82, 2.24) is 5.32 Å². The van der Waals surface area contributed by atoms with Crippen LogP contribution < -0.4 is 14.8 Å². The first kappa shape index (κ1) is 20.3. The number of carboxylic acids is 1. The number of ether oxygens (including phenoxy) is 2. The molecule has 0 aromatic heterocycles. The predicted molar refractivity (Wildman–Crippen MR) is 82.5 cm³/mol. The molecule has 1 aromatic carbocycles. The quantitative estimate of drug-likeness (QED) is 0.661. The third-order valence-electron chi connectivity index (χ3n) is 2.84. The molecule has 0 spiro atoms. The van der Waals surface area contributed by atoms with Crippen LogP contribution in [0.25, 0.3) is 0 Å². The van der Waals surface area contributed by atoms with E-state index in [9.17, 15) is 22.8 Å². The van der Waals surface area contributed by atoms with Gasteiger partial charge in [0.1, 0.15) is 6.04 Å². The Morgan fingerprint density at radius 1 is 1.24 bits per heavy atom. The van der Waals surface area contributed by atoms with Gasteiger partial charge in [0.15, 0.2) is 24.7 Å². The zero-order chi connectivity index (χ0) is 18.9. The fraction of sp³-hybridized carbons (Fsp3) is 0.375. The molecule has 25 heavy (non-hydrogen) atoms. The van der Waals surface area contributed by atoms with Gasteiger partial charge in [-0.3, -0.25) is 4.79 Å². The minimum Gasteiger partial charge on any atom is -0.480 e. The zero-order valence-electron chi connectivity index (χ0n) is 13.4. The highest BCUT2D eigenvalue weighted by atomic mass is 19.4. The highest BCUT2D eigenvalue weighted by Crippen LogP contribution is 2.28. The van der Waals surface area contributed by atoms with Crippen LogP contribution in [0.15, 0.2) is 36.4 Å². The summed E-state index contributed by atoms with van der Waals surface area (Å²) in [5.41, 5.74) is 0. The summed E-state index contributed by atoms with van der Waals surface area (Å²) >= 11 is 0. The number of rotatable bonds is 9. The van der Waals surface area contributed by atoms with Crippen LogP contribution in [0.3, 0.4) is 0 Å². The molecule has 0 bridgehead atoms. The molecule has 0 aliphatic rings. The number of benzene rings is 1. The summed E-state index contributed by atoms with van der Waals surface area (Å²) in [6, 6.07) is 4.44. The zero-order valence-corrected chi connectivity index (χ0v) is 13.4. The van der Waals surface area contributed by atoms with Gasteiger partial charge < -0.3 is 19.9 Å². The van der Waals surface area contributed by atoms with Gasteiger partial charge in [-0.25, -0.2) is 4.79 Å². The van der Waals surface area contributed by atoms with E-state index in [2.05, 4.69) is 10.1 Å². The van der Waals surface area contributed by atoms with Crippen LogP contribution in [0.1, 0.15) is 13.3 Å². The molecule has 0 aliphatic heterocycles. The van der Waals surface area contributed by atoms with Crippen molar-refractivity contribution >= 4 is 11.9 Å². The molecular formula is C16H18F3NO5. The lowest BCUT2D eigenvalue weighted by Gasteiger charge is -2.15. The Hall–Kier alpha value is -2.71. The van der Waals surface area contributed by atoms with Gasteiger partial charge in [0.25, 0.3) is 5.91 Å². The highest BCUT2D eigenvalue weighted by Gasteiger charge is 2.29. The first-order valence-corrected chi connectivity index (χ1v) is 7.27. The average Bonchev–Trinajstić information content (AvgIpc) is 2.54. The summed E-state index contributed by atoms with van der Waals surface area (Å²) in [6.45, 7) is -0.349. The molecule has 9 heteroatoms. The summed E-state index contributed by atoms with van der Waals surface area (Å²) < 4.78 is 46.4. The lowest BCUT2D eigenvalue weighted by atomic mass is 10.2. The molecule has 6 nitrogen and oxygen atoms in total. The van der Waals surface area contributed by atoms with Crippen LogP contribution in [0.2, 0.25) is 0 Å². The molecule has 138 valence electrons. The van der Waals surface area contributed by atoms with Crippen molar-refractivity contribution in [3.63, 3.8) is 0 Å². The van der Waals surface area contributed by atoms with Gasteiger partial charge in [-0.15, -0.1) is 0 Å². The number of hydrogen-bond donors (Lipinski definition) is 2. The van der Waals surface area contributed by atoms with Gasteiger partial charge in [0.05, 0.1) is 0 Å². The highest BCUT2D eigenvalue weighted by molar-refractivity contribution is 5.84. The second-order valence-corrected chi connectivity index (χ2v) is 4.90. The summed E-state index contributed by atoms with van der Waals surface area (Å²) in [5, 5.41) is 11.3. The number of carbonyl (C=O) groups excluding carboxylic acids is 1. The smallest absolute Gasteiger partial charge is 0.422 e. The largest absolute Gasteiger partial charge is 0.480 e. The lowest BCUT2D eigenvalue weighted by Crippen LogP contribution is -2.42. The summed E-state index contributed by atoms with van der Waals surface area (Å²) in [4.78, 5) is 22.8. The van der Waals surface area contributed by atoms with E-state index in [0.717, 1.165) is 0 Å². The molecule has 1 aromatic rings. The molecule has 0 fully saturated rings. The molecule has 0 saturated carbocycles. The Morgan fingerprint density at radius 3 is 2.36 bits per heavy atom. The molecule has 2 N–H and O–H groups in total. The van der Waals surface area contributed by atoms with Crippen molar-refractivity contribution in [3.05, 3.63) is 36.4 Å². The van der Waals surface area contributed by atoms with Crippen molar-refractivity contribution in [2.24, 2.45) is 0 Å². The van der Waals surface area contributed by atoms with E-state index in [1.165, 1.54) is 24.3 Å². The average molecular weight is 361 g/mol. The Balaban J connectivity index is 2.62. The number of hydrogen-bond acceptors (Lipinski definition) is 4. The molecule has 0 radical (unpaired) electrons. The predicted octanol–water partition coefficient (Wildman–Crippen LogP) is 2.54. The molecule has 1 rings (SSSR count). The summed E-state index contributed by atoms with van der Waals surface area (Å²) in [6.07, 6.45) is -1.18. The topological polar surface area (TPSA) is 84.9 Å². The Morgan fingerprint density at radius 2 is 1.84 bits per heavy atom. The van der Waals surface area contributed by atoms with E-state index in [0.29, 0.717) is 0 Å². The standard InChI is InChI=1S/C16H18F3NO5/c1-2-3-6-11(15(22)23)20-14(21)9-24-12-7-4-5-8-13(12)25-10-16(17,18)19/h2-5,7-8,11H,6,9-10H2,1H3,(H,20,21)(H,22,23)/b3-2+. The van der Waals surface area contributed by atoms with E-state index in [1.54, 1.807) is 19.1 Å². The number of aliphatic carboxylic acids is 1. The minimum atomic E-state index is -4.51. The van der Waals surface area contributed by atoms with Gasteiger partial charge >= 0.3 is 12.1 Å². The summed E-state index contributed by atoms with van der Waals surface area (Å²) in [5.74, 6) is -2.15. The molecule has 1 atom stereocenters. The number of carboxylic acid groups (broad SMARTS) is 1. The van der Waals surface area contributed by atoms with E-state index >= 15 is 0 Å². The SMILES string of the molecule is C/C=C/CC(NC(=O)COc1ccccc1OCC(F)(F)F)C(=O)O. The number of allylic oxidation sites excluding steroid dienone is 1. The van der Waals surface area contributed by atoms with Gasteiger partial charge in [-0.05, 0) is 25.5 Å². The van der Waals surface area contributed by atoms with Crippen molar-refractivity contribution < 1.29 is 37.3 Å². The van der Waals surface area contributed by atoms with Crippen molar-refractivity contribution in [3.8, 4) is 11.5 Å². The maximum atomic E-state index is 12.2. The first-order chi connectivity index (χ1) is 11.7. The Bertz CT molecular complexity index is 616. The van der Waals surface area contributed by atoms with Crippen LogP contribution in [0.5, 0.6) is 11.5 Å². The second-order valence-electron chi connectivity index (χ2n) is 4.90. The van der Waals surface area contributed by atoms with Gasteiger partial charge in [0, 0.05) is 0 Å². The van der Waals surface area contributed by atoms with E-state index in [4.69, 9.17) is 9.84 Å². The number of carbonyl (C=O) groups is 2. The molecule has 0 saturated heterocycles. The van der Waals surface area contributed by atoms with Crippen molar-refractivity contribution in [2.75, 3.05) is 13.2 Å². The van der Waals surface area contributed by atoms with Gasteiger partial charge in [-0.1, -0.05) is 24.3 Å². The van der Waals surface area contributed by atoms with Gasteiger partial charge in [0.2, 0.25) is 0 Å². The first-order valence-electron chi connectivity index (χ1n) is 7.27. The number of halogens is 3. The molecule has 1 amide bonds. The van der Waals surface area contributed by atoms with Crippen LogP contribution in [0, 0.1) is 0 Å². The monoisotopic (exact) mass is 361 g/mol. The normalized spacial score (nSPS) is 12.6. The lowest BCUT2D eigenvalue weighted by molar-refractivity contribution is -0.153. The maximum Gasteiger partial charge on any atom is 0.422 e. The fourth-order valence-corrected chi connectivity index (χ4v) is 1.72. The van der Waals surface area contributed by atoms with Gasteiger partial charge in [-0.2, -0.15) is 13.2 Å². The van der Waals surface area contributed by atoms with E-state index in [-0.39, 0.29) is 17.9 Å². The van der Waals surface area contributed by atoms with Crippen molar-refractivity contribution in [1.29, 1.82) is 0 Å². The molecule has 0 aliphatic carbocycles. The number of nitrogens with one attached hydrogen (secondary N) is 1. The number of alkyl halides is 3. The van der Waals surface area contributed by atoms with Crippen LogP contribution in [0.4, 0.5) is 13.2 Å². The molecule has 1 unspecified atom stereocenters. The van der Waals surface area contributed by atoms with E-state index < -0.39 is 37.3 Å². The Labute approximate surface area is 142 Å². The molecular weight excluding hydrogens is 343 g/mol. The second kappa shape index (κ2) is 9.55. The number of para-hydroxylation sites is 2. The molecule has 0 heterocycles. The Kier molecular flexibility index (Phi) is 7.77. The van der Waals surface area contributed by atoms with Crippen LogP contribution >= 0.6 is 0 Å². The third kappa shape index (κ3) is 8.09. The van der Waals surface area contributed by atoms with Crippen LogP contribution in [-0.4, -0.2) is 42.4 Å². The van der Waals surface area contributed by atoms with E-state index in [1.807, 2.05) is 0 Å². The summed E-state index contributed by atoms with van der Waals surface area (Å²) in [7, 11) is 0. The number of amides is 1. The fourth-order valence-electron chi connectivity index (χ4n) is 1.72. The van der Waals surface area contributed by atoms with Crippen molar-refractivity contribution in [2.45, 2.75) is 25.6 Å².